The van der Waals surface area contributed by atoms with Crippen molar-refractivity contribution in [3.63, 3.8) is 0 Å². The highest BCUT2D eigenvalue weighted by Crippen LogP contribution is 2.35. The number of diazo groups is 1. The van der Waals surface area contributed by atoms with Crippen LogP contribution in [0.3, 0.4) is 0 Å². The maximum Gasteiger partial charge on any atom is 0.426 e. The fraction of sp³-hybridized carbons (Fsp3) is 0.294. The summed E-state index contributed by atoms with van der Waals surface area (Å²) in [5, 5.41) is 9.37. The smallest absolute Gasteiger partial charge is 0.426 e. The number of anilines is 1. The number of halogens is 1. The molecule has 1 aliphatic rings. The zero-order valence-corrected chi connectivity index (χ0v) is 15.7. The highest BCUT2D eigenvalue weighted by atomic mass is 35.5. The molecule has 26 heavy (non-hydrogen) atoms. The third-order valence-corrected chi connectivity index (χ3v) is 4.88. The summed E-state index contributed by atoms with van der Waals surface area (Å²) in [4.78, 5) is 5.15. The first-order chi connectivity index (χ1) is 12.3. The van der Waals surface area contributed by atoms with Gasteiger partial charge < -0.3 is 14.2 Å². The first kappa shape index (κ1) is 20.1. The van der Waals surface area contributed by atoms with Gasteiger partial charge in [-0.2, -0.15) is 0 Å². The Morgan fingerprint density at radius 2 is 1.77 bits per heavy atom. The van der Waals surface area contributed by atoms with E-state index < -0.39 is 10.1 Å². The third-order valence-electron chi connectivity index (χ3n) is 3.73. The maximum atomic E-state index is 10.4. The van der Waals surface area contributed by atoms with Crippen molar-refractivity contribution in [3.05, 3.63) is 58.0 Å². The number of rotatable bonds is 2. The van der Waals surface area contributed by atoms with Crippen LogP contribution in [-0.4, -0.2) is 39.3 Å². The zero-order chi connectivity index (χ0) is 19.2. The van der Waals surface area contributed by atoms with Gasteiger partial charge in [-0.15, -0.1) is 0 Å². The molecule has 0 N–H and O–H groups in total. The Balaban J connectivity index is 0.000000197. The minimum atomic E-state index is -4.27. The van der Waals surface area contributed by atoms with Crippen LogP contribution in [0.5, 0.6) is 0 Å². The van der Waals surface area contributed by atoms with E-state index in [-0.39, 0.29) is 4.90 Å². The van der Waals surface area contributed by atoms with Crippen LogP contribution in [0, 0.1) is 12.3 Å². The second-order valence-electron chi connectivity index (χ2n) is 5.57. The predicted molar refractivity (Wildman–Crippen MR) is 98.4 cm³/mol. The van der Waals surface area contributed by atoms with Crippen molar-refractivity contribution in [2.45, 2.75) is 11.8 Å². The van der Waals surface area contributed by atoms with Gasteiger partial charge in [0.15, 0.2) is 4.98 Å². The standard InChI is InChI=1S/C10H11ClN3O.C7H8O3S/c11-8-2-1-3-9(10(8)13-12)14-4-6-15-7-5-14;1-6-2-4-7(5-3-6)11(8,9)10/h1-3H,4-7H2;2-5H,1H3,(H,8,9,10)/q+1;/p-1. The molecule has 0 atom stereocenters. The van der Waals surface area contributed by atoms with E-state index in [2.05, 4.69) is 9.88 Å². The first-order valence-electron chi connectivity index (χ1n) is 7.82. The van der Waals surface area contributed by atoms with Crippen molar-refractivity contribution < 1.29 is 17.7 Å². The van der Waals surface area contributed by atoms with Gasteiger partial charge in [0.2, 0.25) is 5.39 Å². The maximum absolute atomic E-state index is 10.4. The lowest BCUT2D eigenvalue weighted by Crippen LogP contribution is -2.36. The van der Waals surface area contributed by atoms with Crippen LogP contribution in [0.15, 0.2) is 47.4 Å². The van der Waals surface area contributed by atoms with Crippen molar-refractivity contribution in [2.75, 3.05) is 31.2 Å². The monoisotopic (exact) mass is 395 g/mol. The summed E-state index contributed by atoms with van der Waals surface area (Å²) in [7, 11) is -4.27. The van der Waals surface area contributed by atoms with Gasteiger partial charge in [-0.25, -0.2) is 8.42 Å². The normalized spacial score (nSPS) is 14.2. The number of nitrogens with zero attached hydrogens (tertiary/aromatic N) is 3. The van der Waals surface area contributed by atoms with Crippen LogP contribution < -0.4 is 4.90 Å². The zero-order valence-electron chi connectivity index (χ0n) is 14.1. The Hall–Kier alpha value is -2.18. The molecule has 1 aliphatic heterocycles. The lowest BCUT2D eigenvalue weighted by atomic mass is 10.2. The number of aryl methyl sites for hydroxylation is 1. The number of hydrogen-bond donors (Lipinski definition) is 0. The number of ether oxygens (including phenoxy) is 1. The Morgan fingerprint density at radius 1 is 1.15 bits per heavy atom. The van der Waals surface area contributed by atoms with Crippen LogP contribution in [-0.2, 0) is 14.9 Å². The minimum absolute atomic E-state index is 0.178. The van der Waals surface area contributed by atoms with E-state index in [0.717, 1.165) is 24.3 Å². The van der Waals surface area contributed by atoms with Gasteiger partial charge in [-0.3, -0.25) is 0 Å². The number of benzene rings is 2. The van der Waals surface area contributed by atoms with Crippen LogP contribution in [0.25, 0.3) is 4.98 Å². The summed E-state index contributed by atoms with van der Waals surface area (Å²) in [6.45, 7) is 4.79. The molecule has 7 nitrogen and oxygen atoms in total. The quantitative estimate of drug-likeness (QED) is 0.569. The molecule has 9 heteroatoms. The Kier molecular flexibility index (Phi) is 6.94. The summed E-state index contributed by atoms with van der Waals surface area (Å²) < 4.78 is 36.4. The molecule has 0 unspecified atom stereocenters. The van der Waals surface area contributed by atoms with Crippen molar-refractivity contribution in [1.82, 2.24) is 0 Å². The molecule has 0 amide bonds. The van der Waals surface area contributed by atoms with Crippen molar-refractivity contribution in [2.24, 2.45) is 0 Å². The van der Waals surface area contributed by atoms with E-state index in [1.165, 1.54) is 12.1 Å². The number of morpholine rings is 1. The van der Waals surface area contributed by atoms with Gasteiger partial charge >= 0.3 is 5.69 Å². The molecule has 138 valence electrons. The third kappa shape index (κ3) is 5.41. The van der Waals surface area contributed by atoms with Gasteiger partial charge in [0.25, 0.3) is 0 Å². The van der Waals surface area contributed by atoms with Crippen LogP contribution in [0.4, 0.5) is 11.4 Å². The molecule has 3 rings (SSSR count). The highest BCUT2D eigenvalue weighted by Gasteiger charge is 2.24. The van der Waals surface area contributed by atoms with E-state index >= 15 is 0 Å². The lowest BCUT2D eigenvalue weighted by molar-refractivity contribution is 0.123. The fourth-order valence-corrected chi connectivity index (χ4v) is 3.04. The molecule has 2 aromatic carbocycles. The summed E-state index contributed by atoms with van der Waals surface area (Å²) in [5.74, 6) is 0. The molecule has 0 aromatic heterocycles. The van der Waals surface area contributed by atoms with Gasteiger partial charge in [0.1, 0.15) is 20.8 Å². The average Bonchev–Trinajstić information content (AvgIpc) is 2.62. The topological polar surface area (TPSA) is 97.8 Å². The van der Waals surface area contributed by atoms with E-state index in [1.54, 1.807) is 18.2 Å². The SMILES string of the molecule is Cc1ccc(S(=O)(=O)[O-])cc1.N#[N+]c1c(Cl)cccc1N1CCOCC1. The summed E-state index contributed by atoms with van der Waals surface area (Å²) >= 11 is 5.94. The second-order valence-corrected chi connectivity index (χ2v) is 7.36. The molecule has 0 aliphatic carbocycles. The van der Waals surface area contributed by atoms with Crippen LogP contribution in [0.2, 0.25) is 5.02 Å². The minimum Gasteiger partial charge on any atom is -0.744 e. The molecular formula is C17H18ClN3O4S. The van der Waals surface area contributed by atoms with Gasteiger partial charge in [-0.05, 0) is 31.2 Å². The van der Waals surface area contributed by atoms with Crippen molar-refractivity contribution in [1.29, 1.82) is 5.39 Å². The molecule has 0 radical (unpaired) electrons. The van der Waals surface area contributed by atoms with Crippen LogP contribution >= 0.6 is 11.6 Å². The molecule has 1 fully saturated rings. The largest absolute Gasteiger partial charge is 0.744 e. The van der Waals surface area contributed by atoms with Gasteiger partial charge in [0.05, 0.1) is 18.1 Å². The van der Waals surface area contributed by atoms with E-state index in [4.69, 9.17) is 21.7 Å². The molecule has 1 saturated heterocycles. The molecule has 0 bridgehead atoms. The summed E-state index contributed by atoms with van der Waals surface area (Å²) in [6.07, 6.45) is 0. The van der Waals surface area contributed by atoms with Crippen molar-refractivity contribution >= 4 is 33.1 Å². The molecule has 0 saturated carbocycles. The molecular weight excluding hydrogens is 378 g/mol. The van der Waals surface area contributed by atoms with Gasteiger partial charge in [-0.1, -0.05) is 35.4 Å². The first-order valence-corrected chi connectivity index (χ1v) is 9.60. The van der Waals surface area contributed by atoms with Crippen molar-refractivity contribution in [3.8, 4) is 0 Å². The fourth-order valence-electron chi connectivity index (χ4n) is 2.37. The predicted octanol–water partition coefficient (Wildman–Crippen LogP) is 3.56. The average molecular weight is 396 g/mol. The molecule has 1 heterocycles. The Morgan fingerprint density at radius 3 is 2.31 bits per heavy atom. The lowest BCUT2D eigenvalue weighted by Gasteiger charge is -2.27. The van der Waals surface area contributed by atoms with E-state index in [0.29, 0.717) is 23.9 Å². The highest BCUT2D eigenvalue weighted by molar-refractivity contribution is 7.85. The number of hydrogen-bond acceptors (Lipinski definition) is 6. The molecule has 2 aromatic rings. The Labute approximate surface area is 157 Å². The summed E-state index contributed by atoms with van der Waals surface area (Å²) in [5.41, 5.74) is 2.21. The molecule has 0 spiro atoms. The summed E-state index contributed by atoms with van der Waals surface area (Å²) in [6, 6.07) is 11.2. The van der Waals surface area contributed by atoms with E-state index in [9.17, 15) is 13.0 Å². The van der Waals surface area contributed by atoms with Crippen LogP contribution in [0.1, 0.15) is 5.56 Å². The Bertz CT molecular complexity index is 889. The van der Waals surface area contributed by atoms with E-state index in [1.807, 2.05) is 19.1 Å². The second kappa shape index (κ2) is 8.96. The van der Waals surface area contributed by atoms with Gasteiger partial charge in [0, 0.05) is 13.1 Å².